The van der Waals surface area contributed by atoms with Gasteiger partial charge in [-0.1, -0.05) is 0 Å². The van der Waals surface area contributed by atoms with Crippen LogP contribution in [-0.2, 0) is 9.53 Å². The number of alkyl halides is 1. The summed E-state index contributed by atoms with van der Waals surface area (Å²) in [5.74, 6) is 0.374. The maximum atomic E-state index is 11.0. The van der Waals surface area contributed by atoms with Crippen molar-refractivity contribution in [1.29, 1.82) is 0 Å². The fourth-order valence-corrected chi connectivity index (χ4v) is 0.850. The van der Waals surface area contributed by atoms with E-state index in [1.165, 1.54) is 0 Å². The maximum absolute atomic E-state index is 11.0. The zero-order valence-electron chi connectivity index (χ0n) is 8.68. The van der Waals surface area contributed by atoms with Crippen LogP contribution >= 0.6 is 11.6 Å². The third-order valence-electron chi connectivity index (χ3n) is 1.54. The molecular formula is C9H19ClNO2+. The van der Waals surface area contributed by atoms with Crippen LogP contribution in [0.4, 0.5) is 0 Å². The molecule has 0 radical (unpaired) electrons. The Bertz CT molecular complexity index is 154. The van der Waals surface area contributed by atoms with Crippen LogP contribution in [-0.4, -0.2) is 50.6 Å². The van der Waals surface area contributed by atoms with Crippen molar-refractivity contribution >= 4 is 17.6 Å². The van der Waals surface area contributed by atoms with Gasteiger partial charge in [-0.15, -0.1) is 11.6 Å². The van der Waals surface area contributed by atoms with Crippen LogP contribution in [0.2, 0.25) is 0 Å². The minimum atomic E-state index is -0.144. The fraction of sp³-hybridized carbons (Fsp3) is 0.889. The van der Waals surface area contributed by atoms with Crippen LogP contribution in [0.3, 0.4) is 0 Å². The van der Waals surface area contributed by atoms with Crippen molar-refractivity contribution in [3.63, 3.8) is 0 Å². The molecule has 4 heteroatoms. The second kappa shape index (κ2) is 6.22. The van der Waals surface area contributed by atoms with Crippen molar-refractivity contribution in [2.24, 2.45) is 0 Å². The van der Waals surface area contributed by atoms with Gasteiger partial charge in [-0.25, -0.2) is 0 Å². The smallest absolute Gasteiger partial charge is 0.306 e. The summed E-state index contributed by atoms with van der Waals surface area (Å²) in [5, 5.41) is 0. The first-order valence-corrected chi connectivity index (χ1v) is 5.01. The standard InChI is InChI=1S/C9H19ClNO2/c1-11(2,3)7-8-13-9(12)5-4-6-10/h4-8H2,1-3H3/q+1. The number of carbonyl (C=O) groups is 1. The maximum Gasteiger partial charge on any atom is 0.306 e. The van der Waals surface area contributed by atoms with Gasteiger partial charge in [-0.3, -0.25) is 4.79 Å². The number of ether oxygens (including phenoxy) is 1. The predicted octanol–water partition coefficient (Wildman–Crippen LogP) is 1.25. The Balaban J connectivity index is 3.37. The van der Waals surface area contributed by atoms with Crippen molar-refractivity contribution in [2.75, 3.05) is 40.2 Å². The number of carbonyl (C=O) groups excluding carboxylic acids is 1. The fourth-order valence-electron chi connectivity index (χ4n) is 0.717. The first-order valence-electron chi connectivity index (χ1n) is 4.48. The Hall–Kier alpha value is -0.280. The molecule has 13 heavy (non-hydrogen) atoms. The van der Waals surface area contributed by atoms with Gasteiger partial charge >= 0.3 is 5.97 Å². The SMILES string of the molecule is C[N+](C)(C)CCOC(=O)CCCCl. The zero-order chi connectivity index (χ0) is 10.3. The van der Waals surface area contributed by atoms with Gasteiger partial charge in [0.1, 0.15) is 13.2 Å². The van der Waals surface area contributed by atoms with Crippen LogP contribution in [0, 0.1) is 0 Å². The molecule has 0 rings (SSSR count). The Labute approximate surface area is 85.2 Å². The number of rotatable bonds is 6. The number of hydrogen-bond donors (Lipinski definition) is 0. The molecule has 0 aliphatic heterocycles. The van der Waals surface area contributed by atoms with E-state index in [9.17, 15) is 4.79 Å². The van der Waals surface area contributed by atoms with E-state index in [0.29, 0.717) is 25.3 Å². The quantitative estimate of drug-likeness (QED) is 0.373. The summed E-state index contributed by atoms with van der Waals surface area (Å²) >= 11 is 5.44. The lowest BCUT2D eigenvalue weighted by atomic mass is 10.3. The number of esters is 1. The molecule has 78 valence electrons. The molecule has 0 unspecified atom stereocenters. The molecule has 0 spiro atoms. The van der Waals surface area contributed by atoms with Crippen LogP contribution in [0.5, 0.6) is 0 Å². The zero-order valence-corrected chi connectivity index (χ0v) is 9.43. The van der Waals surface area contributed by atoms with E-state index < -0.39 is 0 Å². The molecule has 0 saturated carbocycles. The van der Waals surface area contributed by atoms with Gasteiger partial charge in [0.15, 0.2) is 0 Å². The van der Waals surface area contributed by atoms with Crippen LogP contribution < -0.4 is 0 Å². The Morgan fingerprint density at radius 3 is 2.46 bits per heavy atom. The minimum Gasteiger partial charge on any atom is -0.460 e. The molecule has 0 N–H and O–H groups in total. The average molecular weight is 209 g/mol. The van der Waals surface area contributed by atoms with Crippen LogP contribution in [0.25, 0.3) is 0 Å². The van der Waals surface area contributed by atoms with Gasteiger partial charge in [-0.05, 0) is 6.42 Å². The summed E-state index contributed by atoms with van der Waals surface area (Å²) in [7, 11) is 6.19. The molecule has 0 aliphatic rings. The van der Waals surface area contributed by atoms with E-state index in [2.05, 4.69) is 21.1 Å². The molecule has 0 aliphatic carbocycles. The van der Waals surface area contributed by atoms with E-state index in [1.54, 1.807) is 0 Å². The Kier molecular flexibility index (Phi) is 6.08. The molecule has 0 saturated heterocycles. The molecule has 0 aromatic heterocycles. The van der Waals surface area contributed by atoms with Crippen LogP contribution in [0.15, 0.2) is 0 Å². The second-order valence-corrected chi connectivity index (χ2v) is 4.40. The first-order chi connectivity index (χ1) is 5.95. The van der Waals surface area contributed by atoms with Crippen molar-refractivity contribution in [3.8, 4) is 0 Å². The number of hydrogen-bond acceptors (Lipinski definition) is 2. The van der Waals surface area contributed by atoms with E-state index in [4.69, 9.17) is 16.3 Å². The highest BCUT2D eigenvalue weighted by molar-refractivity contribution is 6.17. The lowest BCUT2D eigenvalue weighted by Gasteiger charge is -2.23. The molecule has 0 amide bonds. The average Bonchev–Trinajstić information content (AvgIpc) is 1.98. The molecule has 0 aromatic carbocycles. The Morgan fingerprint density at radius 2 is 2.00 bits per heavy atom. The van der Waals surface area contributed by atoms with Gasteiger partial charge in [0.2, 0.25) is 0 Å². The number of likely N-dealkylation sites (N-methyl/N-ethyl adjacent to an activating group) is 1. The topological polar surface area (TPSA) is 26.3 Å². The first kappa shape index (κ1) is 12.7. The lowest BCUT2D eigenvalue weighted by molar-refractivity contribution is -0.870. The highest BCUT2D eigenvalue weighted by Gasteiger charge is 2.08. The van der Waals surface area contributed by atoms with E-state index >= 15 is 0 Å². The molecule has 0 fully saturated rings. The highest BCUT2D eigenvalue weighted by Crippen LogP contribution is 1.96. The second-order valence-electron chi connectivity index (χ2n) is 4.03. The summed E-state index contributed by atoms with van der Waals surface area (Å²) in [4.78, 5) is 11.0. The van der Waals surface area contributed by atoms with E-state index in [-0.39, 0.29) is 5.97 Å². The lowest BCUT2D eigenvalue weighted by Crippen LogP contribution is -2.38. The van der Waals surface area contributed by atoms with Gasteiger partial charge in [0, 0.05) is 12.3 Å². The molecular weight excluding hydrogens is 190 g/mol. The monoisotopic (exact) mass is 208 g/mol. The number of nitrogens with zero attached hydrogens (tertiary/aromatic N) is 1. The van der Waals surface area contributed by atoms with Crippen molar-refractivity contribution in [3.05, 3.63) is 0 Å². The van der Waals surface area contributed by atoms with Gasteiger partial charge in [-0.2, -0.15) is 0 Å². The number of quaternary nitrogens is 1. The minimum absolute atomic E-state index is 0.144. The van der Waals surface area contributed by atoms with Crippen molar-refractivity contribution < 1.29 is 14.0 Å². The Morgan fingerprint density at radius 1 is 1.38 bits per heavy atom. The van der Waals surface area contributed by atoms with Crippen molar-refractivity contribution in [1.82, 2.24) is 0 Å². The molecule has 0 heterocycles. The third-order valence-corrected chi connectivity index (χ3v) is 1.81. The number of halogens is 1. The highest BCUT2D eigenvalue weighted by atomic mass is 35.5. The third kappa shape index (κ3) is 9.64. The summed E-state index contributed by atoms with van der Waals surface area (Å²) in [5.41, 5.74) is 0. The summed E-state index contributed by atoms with van der Waals surface area (Å²) in [6.07, 6.45) is 1.13. The van der Waals surface area contributed by atoms with Gasteiger partial charge in [0.25, 0.3) is 0 Å². The summed E-state index contributed by atoms with van der Waals surface area (Å²) in [6, 6.07) is 0. The molecule has 3 nitrogen and oxygen atoms in total. The summed E-state index contributed by atoms with van der Waals surface area (Å²) < 4.78 is 5.82. The largest absolute Gasteiger partial charge is 0.460 e. The molecule has 0 aromatic rings. The predicted molar refractivity (Wildman–Crippen MR) is 53.8 cm³/mol. The van der Waals surface area contributed by atoms with E-state index in [1.807, 2.05) is 0 Å². The van der Waals surface area contributed by atoms with Gasteiger partial charge < -0.3 is 9.22 Å². The van der Waals surface area contributed by atoms with Gasteiger partial charge in [0.05, 0.1) is 21.1 Å². The van der Waals surface area contributed by atoms with Crippen molar-refractivity contribution in [2.45, 2.75) is 12.8 Å². The summed E-state index contributed by atoms with van der Waals surface area (Å²) in [6.45, 7) is 1.33. The molecule has 0 bridgehead atoms. The normalized spacial score (nSPS) is 11.4. The van der Waals surface area contributed by atoms with Crippen LogP contribution in [0.1, 0.15) is 12.8 Å². The van der Waals surface area contributed by atoms with E-state index in [0.717, 1.165) is 11.0 Å². The molecule has 0 atom stereocenters.